The predicted molar refractivity (Wildman–Crippen MR) is 151 cm³/mol. The van der Waals surface area contributed by atoms with Crippen molar-refractivity contribution < 1.29 is 30.7 Å². The van der Waals surface area contributed by atoms with Gasteiger partial charge < -0.3 is 13.9 Å². The number of sulfone groups is 2. The zero-order chi connectivity index (χ0) is 28.5. The van der Waals surface area contributed by atoms with Crippen LogP contribution in [-0.2, 0) is 19.7 Å². The average molecular weight is 577 g/mol. The van der Waals surface area contributed by atoms with Crippen molar-refractivity contribution in [1.29, 1.82) is 0 Å². The molecule has 8 nitrogen and oxygen atoms in total. The lowest BCUT2D eigenvalue weighted by atomic mass is 10.0. The Morgan fingerprint density at radius 2 is 1.20 bits per heavy atom. The van der Waals surface area contributed by atoms with Gasteiger partial charge in [-0.2, -0.15) is 0 Å². The minimum absolute atomic E-state index is 0.0752. The molecule has 4 aromatic carbocycles. The van der Waals surface area contributed by atoms with Gasteiger partial charge >= 0.3 is 0 Å². The first-order valence-electron chi connectivity index (χ1n) is 12.1. The maximum Gasteiger partial charge on any atom is 0.204 e. The summed E-state index contributed by atoms with van der Waals surface area (Å²) in [4.78, 5) is 13.8. The Bertz CT molecular complexity index is 1880. The molecule has 204 valence electrons. The first kappa shape index (κ1) is 27.2. The van der Waals surface area contributed by atoms with Crippen LogP contribution in [0.15, 0.2) is 122 Å². The summed E-state index contributed by atoms with van der Waals surface area (Å²) >= 11 is 0. The zero-order valence-corrected chi connectivity index (χ0v) is 23.1. The Labute approximate surface area is 231 Å². The molecular weight excluding hydrogens is 552 g/mol. The largest absolute Gasteiger partial charge is 0.497 e. The molecule has 0 fully saturated rings. The number of ether oxygens (including phenoxy) is 2. The van der Waals surface area contributed by atoms with Gasteiger partial charge in [0.25, 0.3) is 0 Å². The SMILES string of the molecule is COc1ccc(-c2oc3cccc(OC)c3c(=O)c2C(S(=O)(=O)c2ccccc2)S(=O)(=O)c2ccccc2)cc1. The number of hydrogen-bond acceptors (Lipinski definition) is 8. The highest BCUT2D eigenvalue weighted by atomic mass is 32.3. The molecule has 0 atom stereocenters. The lowest BCUT2D eigenvalue weighted by Gasteiger charge is -2.21. The van der Waals surface area contributed by atoms with E-state index in [-0.39, 0.29) is 37.8 Å². The minimum atomic E-state index is -4.73. The summed E-state index contributed by atoms with van der Waals surface area (Å²) in [6.45, 7) is 0. The second kappa shape index (κ2) is 10.6. The monoisotopic (exact) mass is 576 g/mol. The fourth-order valence-corrected chi connectivity index (χ4v) is 9.13. The summed E-state index contributed by atoms with van der Waals surface area (Å²) in [5, 5.41) is -0.0752. The van der Waals surface area contributed by atoms with Gasteiger partial charge in [0, 0.05) is 5.56 Å². The number of fused-ring (bicyclic) bond motifs is 1. The molecular formula is C30H24O8S2. The third-order valence-electron chi connectivity index (χ3n) is 6.43. The molecule has 0 aliphatic carbocycles. The minimum Gasteiger partial charge on any atom is -0.497 e. The van der Waals surface area contributed by atoms with Crippen molar-refractivity contribution in [1.82, 2.24) is 0 Å². The second-order valence-corrected chi connectivity index (χ2v) is 13.1. The number of benzene rings is 4. The third kappa shape index (κ3) is 4.65. The van der Waals surface area contributed by atoms with Gasteiger partial charge in [-0.1, -0.05) is 42.5 Å². The summed E-state index contributed by atoms with van der Waals surface area (Å²) in [7, 11) is -6.62. The second-order valence-electron chi connectivity index (χ2n) is 8.78. The molecule has 5 aromatic rings. The summed E-state index contributed by atoms with van der Waals surface area (Å²) in [5.41, 5.74) is -0.996. The molecule has 0 aliphatic rings. The van der Waals surface area contributed by atoms with Crippen molar-refractivity contribution in [3.05, 3.63) is 119 Å². The van der Waals surface area contributed by atoms with E-state index in [1.54, 1.807) is 42.5 Å². The van der Waals surface area contributed by atoms with Gasteiger partial charge in [-0.3, -0.25) is 4.79 Å². The standard InChI is InChI=1S/C30H24O8S2/c1-36-21-18-16-20(17-19-21)29-27(28(31)26-24(37-2)14-9-15-25(26)38-29)30(39(32,33)22-10-5-3-6-11-22)40(34,35)23-12-7-4-8-13-23/h3-19,30H,1-2H3. The van der Waals surface area contributed by atoms with E-state index in [9.17, 15) is 21.6 Å². The summed E-state index contributed by atoms with van der Waals surface area (Å²) in [6, 6.07) is 25.3. The quantitative estimate of drug-likeness (QED) is 0.240. The van der Waals surface area contributed by atoms with Crippen molar-refractivity contribution in [3.63, 3.8) is 0 Å². The van der Waals surface area contributed by atoms with Gasteiger partial charge in [0.2, 0.25) is 29.7 Å². The van der Waals surface area contributed by atoms with Crippen molar-refractivity contribution >= 4 is 30.6 Å². The summed E-state index contributed by atoms with van der Waals surface area (Å²) in [6.07, 6.45) is 0. The van der Waals surface area contributed by atoms with Gasteiger partial charge in [0.05, 0.1) is 29.6 Å². The molecule has 10 heteroatoms. The van der Waals surface area contributed by atoms with E-state index in [2.05, 4.69) is 0 Å². The fraction of sp³-hybridized carbons (Fsp3) is 0.100. The van der Waals surface area contributed by atoms with Crippen LogP contribution in [0.2, 0.25) is 0 Å². The molecule has 1 heterocycles. The van der Waals surface area contributed by atoms with E-state index in [4.69, 9.17) is 13.9 Å². The van der Waals surface area contributed by atoms with Crippen LogP contribution < -0.4 is 14.9 Å². The molecule has 40 heavy (non-hydrogen) atoms. The first-order chi connectivity index (χ1) is 19.2. The maximum absolute atomic E-state index is 14.3. The zero-order valence-electron chi connectivity index (χ0n) is 21.5. The molecule has 0 radical (unpaired) electrons. The number of rotatable bonds is 8. The normalized spacial score (nSPS) is 12.0. The van der Waals surface area contributed by atoms with Crippen molar-refractivity contribution in [2.45, 2.75) is 14.4 Å². The highest BCUT2D eigenvalue weighted by Crippen LogP contribution is 2.42. The topological polar surface area (TPSA) is 117 Å². The Kier molecular flexibility index (Phi) is 7.22. The van der Waals surface area contributed by atoms with Crippen molar-refractivity contribution in [2.24, 2.45) is 0 Å². The van der Waals surface area contributed by atoms with Crippen LogP contribution in [0.4, 0.5) is 0 Å². The van der Waals surface area contributed by atoms with Crippen LogP contribution in [0.3, 0.4) is 0 Å². The Morgan fingerprint density at radius 1 is 0.650 bits per heavy atom. The van der Waals surface area contributed by atoms with Crippen LogP contribution in [0.25, 0.3) is 22.3 Å². The highest BCUT2D eigenvalue weighted by molar-refractivity contribution is 8.08. The van der Waals surface area contributed by atoms with Gasteiger partial charge in [0.1, 0.15) is 28.2 Å². The Hall–Kier alpha value is -4.41. The third-order valence-corrected chi connectivity index (χ3v) is 11.4. The fourth-order valence-electron chi connectivity index (χ4n) is 4.51. The van der Waals surface area contributed by atoms with Crippen LogP contribution in [0.5, 0.6) is 11.5 Å². The van der Waals surface area contributed by atoms with Crippen LogP contribution in [0.1, 0.15) is 10.1 Å². The molecule has 0 N–H and O–H groups in total. The lowest BCUT2D eigenvalue weighted by Crippen LogP contribution is -2.29. The van der Waals surface area contributed by atoms with E-state index in [0.717, 1.165) is 0 Å². The van der Waals surface area contributed by atoms with Gasteiger partial charge in [-0.05, 0) is 60.7 Å². The number of methoxy groups -OCH3 is 2. The molecule has 0 amide bonds. The molecule has 0 aliphatic heterocycles. The smallest absolute Gasteiger partial charge is 0.204 e. The van der Waals surface area contributed by atoms with Crippen molar-refractivity contribution in [2.75, 3.05) is 14.2 Å². The van der Waals surface area contributed by atoms with Crippen LogP contribution >= 0.6 is 0 Å². The van der Waals surface area contributed by atoms with E-state index in [0.29, 0.717) is 5.75 Å². The summed E-state index contributed by atoms with van der Waals surface area (Å²) < 4.78 is 71.5. The Morgan fingerprint density at radius 3 is 1.70 bits per heavy atom. The lowest BCUT2D eigenvalue weighted by molar-refractivity contribution is 0.415. The average Bonchev–Trinajstić information content (AvgIpc) is 2.98. The molecule has 0 spiro atoms. The van der Waals surface area contributed by atoms with Gasteiger partial charge in [-0.25, -0.2) is 16.8 Å². The molecule has 0 unspecified atom stereocenters. The Balaban J connectivity index is 1.96. The number of hydrogen-bond donors (Lipinski definition) is 0. The van der Waals surface area contributed by atoms with Crippen molar-refractivity contribution in [3.8, 4) is 22.8 Å². The molecule has 1 aromatic heterocycles. The van der Waals surface area contributed by atoms with Crippen LogP contribution in [0, 0.1) is 0 Å². The van der Waals surface area contributed by atoms with Gasteiger partial charge in [-0.15, -0.1) is 0 Å². The van der Waals surface area contributed by atoms with E-state index >= 15 is 0 Å². The highest BCUT2D eigenvalue weighted by Gasteiger charge is 2.45. The molecule has 0 bridgehead atoms. The first-order valence-corrected chi connectivity index (χ1v) is 15.2. The van der Waals surface area contributed by atoms with E-state index < -0.39 is 35.2 Å². The van der Waals surface area contributed by atoms with E-state index in [1.807, 2.05) is 0 Å². The van der Waals surface area contributed by atoms with Gasteiger partial charge in [0.15, 0.2) is 0 Å². The molecule has 0 saturated carbocycles. The molecule has 5 rings (SSSR count). The summed E-state index contributed by atoms with van der Waals surface area (Å²) in [5.74, 6) is 0.416. The van der Waals surface area contributed by atoms with Crippen LogP contribution in [-0.4, -0.2) is 31.1 Å². The predicted octanol–water partition coefficient (Wildman–Crippen LogP) is 5.42. The van der Waals surface area contributed by atoms with E-state index in [1.165, 1.54) is 74.9 Å². The maximum atomic E-state index is 14.3. The molecule has 0 saturated heterocycles.